The minimum absolute atomic E-state index is 0.0240. The van der Waals surface area contributed by atoms with Gasteiger partial charge in [-0.1, -0.05) is 6.92 Å². The van der Waals surface area contributed by atoms with Gasteiger partial charge in [0.15, 0.2) is 0 Å². The normalized spacial score (nSPS) is 12.4. The van der Waals surface area contributed by atoms with Crippen molar-refractivity contribution in [2.75, 3.05) is 6.54 Å². The van der Waals surface area contributed by atoms with Gasteiger partial charge in [0.1, 0.15) is 5.76 Å². The molecule has 1 unspecified atom stereocenters. The van der Waals surface area contributed by atoms with Crippen LogP contribution in [0.1, 0.15) is 26.0 Å². The van der Waals surface area contributed by atoms with E-state index in [1.165, 1.54) is 0 Å². The zero-order chi connectivity index (χ0) is 11.1. The van der Waals surface area contributed by atoms with Crippen molar-refractivity contribution < 1.29 is 9.21 Å². The molecule has 0 saturated carbocycles. The summed E-state index contributed by atoms with van der Waals surface area (Å²) in [5, 5.41) is 5.89. The van der Waals surface area contributed by atoms with Crippen molar-refractivity contribution >= 4 is 5.91 Å². The predicted molar refractivity (Wildman–Crippen MR) is 58.3 cm³/mol. The Balaban J connectivity index is 2.12. The van der Waals surface area contributed by atoms with E-state index in [1.54, 1.807) is 6.26 Å². The van der Waals surface area contributed by atoms with Gasteiger partial charge < -0.3 is 15.1 Å². The van der Waals surface area contributed by atoms with Gasteiger partial charge in [-0.2, -0.15) is 0 Å². The highest BCUT2D eigenvalue weighted by atomic mass is 16.3. The maximum absolute atomic E-state index is 11.3. The van der Waals surface area contributed by atoms with Crippen LogP contribution in [-0.4, -0.2) is 18.5 Å². The quantitative estimate of drug-likeness (QED) is 0.743. The third-order valence-electron chi connectivity index (χ3n) is 2.18. The number of hydrogen-bond donors (Lipinski definition) is 2. The molecule has 0 bridgehead atoms. The van der Waals surface area contributed by atoms with Crippen molar-refractivity contribution in [2.45, 2.75) is 32.9 Å². The van der Waals surface area contributed by atoms with Crippen LogP contribution < -0.4 is 10.6 Å². The Labute approximate surface area is 90.0 Å². The number of carbonyl (C=O) groups is 1. The lowest BCUT2D eigenvalue weighted by Crippen LogP contribution is -2.38. The van der Waals surface area contributed by atoms with Crippen LogP contribution in [0.3, 0.4) is 0 Å². The van der Waals surface area contributed by atoms with Crippen molar-refractivity contribution in [1.29, 1.82) is 0 Å². The molecule has 0 aliphatic heterocycles. The van der Waals surface area contributed by atoms with Crippen molar-refractivity contribution in [3.63, 3.8) is 0 Å². The van der Waals surface area contributed by atoms with Crippen molar-refractivity contribution in [2.24, 2.45) is 0 Å². The zero-order valence-corrected chi connectivity index (χ0v) is 9.25. The van der Waals surface area contributed by atoms with E-state index in [9.17, 15) is 4.79 Å². The molecule has 0 aromatic carbocycles. The molecule has 0 aliphatic carbocycles. The molecule has 1 aromatic rings. The first-order chi connectivity index (χ1) is 7.22. The lowest BCUT2D eigenvalue weighted by Gasteiger charge is -2.11. The Hall–Kier alpha value is -1.29. The average molecular weight is 210 g/mol. The fourth-order valence-corrected chi connectivity index (χ4v) is 1.14. The van der Waals surface area contributed by atoms with Crippen LogP contribution in [0.5, 0.6) is 0 Å². The Morgan fingerprint density at radius 2 is 2.40 bits per heavy atom. The van der Waals surface area contributed by atoms with E-state index in [4.69, 9.17) is 4.42 Å². The first kappa shape index (κ1) is 11.8. The van der Waals surface area contributed by atoms with Crippen molar-refractivity contribution in [3.05, 3.63) is 24.2 Å². The van der Waals surface area contributed by atoms with Crippen LogP contribution in [0, 0.1) is 0 Å². The fourth-order valence-electron chi connectivity index (χ4n) is 1.14. The molecule has 4 nitrogen and oxygen atoms in total. The topological polar surface area (TPSA) is 54.3 Å². The first-order valence-corrected chi connectivity index (χ1v) is 5.24. The minimum Gasteiger partial charge on any atom is -0.468 e. The Bertz CT molecular complexity index is 283. The monoisotopic (exact) mass is 210 g/mol. The molecule has 0 saturated heterocycles. The van der Waals surface area contributed by atoms with E-state index < -0.39 is 0 Å². The summed E-state index contributed by atoms with van der Waals surface area (Å²) >= 11 is 0. The summed E-state index contributed by atoms with van der Waals surface area (Å²) in [7, 11) is 0. The molecule has 1 rings (SSSR count). The standard InChI is InChI=1S/C11H18N2O2/c1-3-9(2)13-11(14)8-12-7-10-5-4-6-15-10/h4-6,9,12H,3,7-8H2,1-2H3,(H,13,14). The van der Waals surface area contributed by atoms with Gasteiger partial charge in [-0.05, 0) is 25.5 Å². The second-order valence-electron chi connectivity index (χ2n) is 3.56. The summed E-state index contributed by atoms with van der Waals surface area (Å²) in [6.07, 6.45) is 2.57. The van der Waals surface area contributed by atoms with E-state index >= 15 is 0 Å². The predicted octanol–water partition coefficient (Wildman–Crippen LogP) is 1.28. The van der Waals surface area contributed by atoms with E-state index in [0.29, 0.717) is 13.1 Å². The molecule has 0 aliphatic rings. The highest BCUT2D eigenvalue weighted by Crippen LogP contribution is 1.97. The van der Waals surface area contributed by atoms with Crippen LogP contribution in [0.2, 0.25) is 0 Å². The largest absolute Gasteiger partial charge is 0.468 e. The Morgan fingerprint density at radius 3 is 3.00 bits per heavy atom. The van der Waals surface area contributed by atoms with Gasteiger partial charge in [0, 0.05) is 6.04 Å². The van der Waals surface area contributed by atoms with Gasteiger partial charge in [0.05, 0.1) is 19.4 Å². The molecule has 1 atom stereocenters. The summed E-state index contributed by atoms with van der Waals surface area (Å²) < 4.78 is 5.12. The van der Waals surface area contributed by atoms with E-state index in [2.05, 4.69) is 10.6 Å². The maximum atomic E-state index is 11.3. The second-order valence-corrected chi connectivity index (χ2v) is 3.56. The highest BCUT2D eigenvalue weighted by molar-refractivity contribution is 5.78. The number of amides is 1. The summed E-state index contributed by atoms with van der Waals surface area (Å²) in [5.74, 6) is 0.863. The Morgan fingerprint density at radius 1 is 1.60 bits per heavy atom. The van der Waals surface area contributed by atoms with Crippen LogP contribution in [0.15, 0.2) is 22.8 Å². The molecule has 1 aromatic heterocycles. The van der Waals surface area contributed by atoms with E-state index in [1.807, 2.05) is 26.0 Å². The van der Waals surface area contributed by atoms with Crippen LogP contribution >= 0.6 is 0 Å². The zero-order valence-electron chi connectivity index (χ0n) is 9.25. The number of rotatable bonds is 6. The SMILES string of the molecule is CCC(C)NC(=O)CNCc1ccco1. The van der Waals surface area contributed by atoms with E-state index in [0.717, 1.165) is 12.2 Å². The summed E-state index contributed by atoms with van der Waals surface area (Å²) in [4.78, 5) is 11.3. The first-order valence-electron chi connectivity index (χ1n) is 5.24. The smallest absolute Gasteiger partial charge is 0.234 e. The lowest BCUT2D eigenvalue weighted by atomic mass is 10.2. The fraction of sp³-hybridized carbons (Fsp3) is 0.545. The highest BCUT2D eigenvalue weighted by Gasteiger charge is 2.04. The number of furan rings is 1. The molecule has 1 heterocycles. The third-order valence-corrected chi connectivity index (χ3v) is 2.18. The van der Waals surface area contributed by atoms with Crippen LogP contribution in [0.25, 0.3) is 0 Å². The van der Waals surface area contributed by atoms with Gasteiger partial charge in [-0.3, -0.25) is 4.79 Å². The summed E-state index contributed by atoms with van der Waals surface area (Å²) in [6.45, 7) is 4.94. The van der Waals surface area contributed by atoms with Crippen molar-refractivity contribution in [1.82, 2.24) is 10.6 Å². The average Bonchev–Trinajstić information content (AvgIpc) is 2.70. The summed E-state index contributed by atoms with van der Waals surface area (Å²) in [5.41, 5.74) is 0. The van der Waals surface area contributed by atoms with Crippen LogP contribution in [0.4, 0.5) is 0 Å². The lowest BCUT2D eigenvalue weighted by molar-refractivity contribution is -0.120. The van der Waals surface area contributed by atoms with Crippen LogP contribution in [-0.2, 0) is 11.3 Å². The Kier molecular flexibility index (Phi) is 4.90. The van der Waals surface area contributed by atoms with Crippen molar-refractivity contribution in [3.8, 4) is 0 Å². The van der Waals surface area contributed by atoms with E-state index in [-0.39, 0.29) is 11.9 Å². The number of hydrogen-bond acceptors (Lipinski definition) is 3. The molecular weight excluding hydrogens is 192 g/mol. The molecule has 15 heavy (non-hydrogen) atoms. The minimum atomic E-state index is 0.0240. The molecule has 0 radical (unpaired) electrons. The molecule has 1 amide bonds. The molecule has 0 spiro atoms. The number of nitrogens with one attached hydrogen (secondary N) is 2. The number of carbonyl (C=O) groups excluding carboxylic acids is 1. The molecular formula is C11H18N2O2. The second kappa shape index (κ2) is 6.24. The summed E-state index contributed by atoms with van der Waals surface area (Å²) in [6, 6.07) is 3.94. The van der Waals surface area contributed by atoms with Gasteiger partial charge in [-0.25, -0.2) is 0 Å². The maximum Gasteiger partial charge on any atom is 0.234 e. The molecule has 4 heteroatoms. The molecule has 0 fully saturated rings. The van der Waals surface area contributed by atoms with Gasteiger partial charge >= 0.3 is 0 Å². The molecule has 2 N–H and O–H groups in total. The van der Waals surface area contributed by atoms with Gasteiger partial charge in [0.25, 0.3) is 0 Å². The van der Waals surface area contributed by atoms with Gasteiger partial charge in [0.2, 0.25) is 5.91 Å². The molecule has 84 valence electrons. The third kappa shape index (κ3) is 4.65. The van der Waals surface area contributed by atoms with Gasteiger partial charge in [-0.15, -0.1) is 0 Å².